The number of rotatable bonds is 10. The topological polar surface area (TPSA) is 77.8 Å². The number of halogens is 1. The summed E-state index contributed by atoms with van der Waals surface area (Å²) < 4.78 is 22.8. The quantitative estimate of drug-likeness (QED) is 0.207. The molecule has 30 heavy (non-hydrogen) atoms. The monoisotopic (exact) mass is 473 g/mol. The SMILES string of the molecule is CCOC(=O)/C(C#N)=C\c1cc(Br)c(OCCOc2ccc(C)cc2)c(OCC)c1. The molecule has 0 amide bonds. The zero-order chi connectivity index (χ0) is 21.9. The van der Waals surface area contributed by atoms with Crippen molar-refractivity contribution < 1.29 is 23.7 Å². The van der Waals surface area contributed by atoms with Gasteiger partial charge in [0, 0.05) is 0 Å². The summed E-state index contributed by atoms with van der Waals surface area (Å²) in [4.78, 5) is 11.9. The van der Waals surface area contributed by atoms with E-state index in [0.717, 1.165) is 5.75 Å². The molecule has 0 aliphatic heterocycles. The van der Waals surface area contributed by atoms with Crippen LogP contribution < -0.4 is 14.2 Å². The van der Waals surface area contributed by atoms with Crippen LogP contribution in [0.1, 0.15) is 25.0 Å². The molecule has 0 fully saturated rings. The zero-order valence-electron chi connectivity index (χ0n) is 17.2. The molecule has 0 spiro atoms. The minimum Gasteiger partial charge on any atom is -0.490 e. The van der Waals surface area contributed by atoms with Gasteiger partial charge in [0.15, 0.2) is 11.5 Å². The van der Waals surface area contributed by atoms with Crippen molar-refractivity contribution in [2.24, 2.45) is 0 Å². The van der Waals surface area contributed by atoms with Crippen molar-refractivity contribution in [3.05, 3.63) is 57.6 Å². The van der Waals surface area contributed by atoms with Gasteiger partial charge in [-0.2, -0.15) is 5.26 Å². The summed E-state index contributed by atoms with van der Waals surface area (Å²) in [5.74, 6) is 1.13. The van der Waals surface area contributed by atoms with E-state index < -0.39 is 5.97 Å². The second-order valence-electron chi connectivity index (χ2n) is 6.16. The normalized spacial score (nSPS) is 10.8. The smallest absolute Gasteiger partial charge is 0.348 e. The Hall–Kier alpha value is -2.98. The van der Waals surface area contributed by atoms with Crippen LogP contribution in [0, 0.1) is 18.3 Å². The van der Waals surface area contributed by atoms with Gasteiger partial charge in [-0.3, -0.25) is 0 Å². The lowest BCUT2D eigenvalue weighted by Crippen LogP contribution is -2.10. The van der Waals surface area contributed by atoms with E-state index in [2.05, 4.69) is 15.9 Å². The summed E-state index contributed by atoms with van der Waals surface area (Å²) in [6.45, 7) is 6.87. The highest BCUT2D eigenvalue weighted by atomic mass is 79.9. The maximum atomic E-state index is 11.9. The maximum Gasteiger partial charge on any atom is 0.348 e. The van der Waals surface area contributed by atoms with Crippen molar-refractivity contribution in [3.8, 4) is 23.3 Å². The molecule has 0 aliphatic rings. The molecular formula is C23H24BrNO5. The first-order valence-electron chi connectivity index (χ1n) is 9.56. The number of hydrogen-bond acceptors (Lipinski definition) is 6. The highest BCUT2D eigenvalue weighted by Gasteiger charge is 2.15. The average Bonchev–Trinajstić information content (AvgIpc) is 2.72. The first-order chi connectivity index (χ1) is 14.5. The predicted octanol–water partition coefficient (Wildman–Crippen LogP) is 5.08. The van der Waals surface area contributed by atoms with Crippen molar-refractivity contribution in [2.45, 2.75) is 20.8 Å². The fraction of sp³-hybridized carbons (Fsp3) is 0.304. The van der Waals surface area contributed by atoms with E-state index in [1.807, 2.05) is 44.2 Å². The Morgan fingerprint density at radius 1 is 1.07 bits per heavy atom. The Labute approximate surface area is 185 Å². The van der Waals surface area contributed by atoms with Gasteiger partial charge in [0.1, 0.15) is 30.6 Å². The van der Waals surface area contributed by atoms with Gasteiger partial charge in [0.05, 0.1) is 17.7 Å². The van der Waals surface area contributed by atoms with Crippen LogP contribution >= 0.6 is 15.9 Å². The molecule has 0 aliphatic carbocycles. The van der Waals surface area contributed by atoms with Crippen LogP contribution in [0.15, 0.2) is 46.4 Å². The molecule has 0 bridgehead atoms. The van der Waals surface area contributed by atoms with Gasteiger partial charge < -0.3 is 18.9 Å². The highest BCUT2D eigenvalue weighted by Crippen LogP contribution is 2.37. The molecule has 0 saturated heterocycles. The van der Waals surface area contributed by atoms with Gasteiger partial charge >= 0.3 is 5.97 Å². The van der Waals surface area contributed by atoms with E-state index >= 15 is 0 Å². The summed E-state index contributed by atoms with van der Waals surface area (Å²) in [5.41, 5.74) is 1.69. The van der Waals surface area contributed by atoms with Gasteiger partial charge in [-0.1, -0.05) is 17.7 Å². The van der Waals surface area contributed by atoms with Gasteiger partial charge in [-0.05, 0) is 72.6 Å². The first-order valence-corrected chi connectivity index (χ1v) is 10.3. The van der Waals surface area contributed by atoms with E-state index in [-0.39, 0.29) is 12.2 Å². The van der Waals surface area contributed by atoms with E-state index in [0.29, 0.717) is 41.4 Å². The Bertz CT molecular complexity index is 932. The fourth-order valence-corrected chi connectivity index (χ4v) is 3.10. The third-order valence-electron chi connectivity index (χ3n) is 3.88. The molecule has 0 radical (unpaired) electrons. The third kappa shape index (κ3) is 6.82. The molecular weight excluding hydrogens is 450 g/mol. The van der Waals surface area contributed by atoms with Crippen LogP contribution in [-0.4, -0.2) is 32.4 Å². The van der Waals surface area contributed by atoms with Crippen LogP contribution in [0.2, 0.25) is 0 Å². The summed E-state index contributed by atoms with van der Waals surface area (Å²) in [6, 6.07) is 13.1. The van der Waals surface area contributed by atoms with Crippen LogP contribution in [0.5, 0.6) is 17.2 Å². The van der Waals surface area contributed by atoms with E-state index in [1.165, 1.54) is 11.6 Å². The maximum absolute atomic E-state index is 11.9. The summed E-state index contributed by atoms with van der Waals surface area (Å²) in [5, 5.41) is 9.23. The minimum atomic E-state index is -0.664. The molecule has 6 nitrogen and oxygen atoms in total. The number of nitrogens with zero attached hydrogens (tertiary/aromatic N) is 1. The molecule has 0 unspecified atom stereocenters. The second-order valence-corrected chi connectivity index (χ2v) is 7.02. The van der Waals surface area contributed by atoms with Crippen molar-refractivity contribution in [2.75, 3.05) is 26.4 Å². The molecule has 0 N–H and O–H groups in total. The third-order valence-corrected chi connectivity index (χ3v) is 4.47. The lowest BCUT2D eigenvalue weighted by atomic mass is 10.1. The molecule has 0 saturated carbocycles. The predicted molar refractivity (Wildman–Crippen MR) is 118 cm³/mol. The number of esters is 1. The Morgan fingerprint density at radius 2 is 1.77 bits per heavy atom. The van der Waals surface area contributed by atoms with Crippen molar-refractivity contribution >= 4 is 28.0 Å². The largest absolute Gasteiger partial charge is 0.490 e. The summed E-state index contributed by atoms with van der Waals surface area (Å²) in [6.07, 6.45) is 1.45. The molecule has 0 heterocycles. The minimum absolute atomic E-state index is 0.0913. The Kier molecular flexibility index (Phi) is 9.23. The Balaban J connectivity index is 2.12. The Morgan fingerprint density at radius 3 is 2.40 bits per heavy atom. The standard InChI is InChI=1S/C23H24BrNO5/c1-4-27-21-14-17(12-18(15-25)23(26)28-5-2)13-20(24)22(21)30-11-10-29-19-8-6-16(3)7-9-19/h6-9,12-14H,4-5,10-11H2,1-3H3/b18-12-. The van der Waals surface area contributed by atoms with Crippen molar-refractivity contribution in [1.82, 2.24) is 0 Å². The first kappa shape index (κ1) is 23.3. The van der Waals surface area contributed by atoms with Crippen LogP contribution in [0.3, 0.4) is 0 Å². The fourth-order valence-electron chi connectivity index (χ4n) is 2.52. The van der Waals surface area contributed by atoms with E-state index in [9.17, 15) is 10.1 Å². The van der Waals surface area contributed by atoms with Crippen LogP contribution in [-0.2, 0) is 9.53 Å². The molecule has 0 atom stereocenters. The van der Waals surface area contributed by atoms with Crippen LogP contribution in [0.25, 0.3) is 6.08 Å². The lowest BCUT2D eigenvalue weighted by Gasteiger charge is -2.15. The number of benzene rings is 2. The zero-order valence-corrected chi connectivity index (χ0v) is 18.8. The summed E-state index contributed by atoms with van der Waals surface area (Å²) >= 11 is 3.48. The molecule has 0 aromatic heterocycles. The highest BCUT2D eigenvalue weighted by molar-refractivity contribution is 9.10. The van der Waals surface area contributed by atoms with E-state index in [1.54, 1.807) is 19.1 Å². The number of nitriles is 1. The number of hydrogen-bond donors (Lipinski definition) is 0. The summed E-state index contributed by atoms with van der Waals surface area (Å²) in [7, 11) is 0. The average molecular weight is 474 g/mol. The van der Waals surface area contributed by atoms with Gasteiger partial charge in [0.25, 0.3) is 0 Å². The van der Waals surface area contributed by atoms with Crippen molar-refractivity contribution in [3.63, 3.8) is 0 Å². The van der Waals surface area contributed by atoms with Gasteiger partial charge in [-0.15, -0.1) is 0 Å². The molecule has 158 valence electrons. The van der Waals surface area contributed by atoms with E-state index in [4.69, 9.17) is 18.9 Å². The van der Waals surface area contributed by atoms with Crippen molar-refractivity contribution in [1.29, 1.82) is 5.26 Å². The molecule has 2 aromatic carbocycles. The number of carbonyl (C=O) groups is 1. The second kappa shape index (κ2) is 11.9. The van der Waals surface area contributed by atoms with Gasteiger partial charge in [-0.25, -0.2) is 4.79 Å². The van der Waals surface area contributed by atoms with Gasteiger partial charge in [0.2, 0.25) is 0 Å². The lowest BCUT2D eigenvalue weighted by molar-refractivity contribution is -0.137. The number of ether oxygens (including phenoxy) is 4. The number of carbonyl (C=O) groups excluding carboxylic acids is 1. The molecule has 7 heteroatoms. The van der Waals surface area contributed by atoms with Crippen LogP contribution in [0.4, 0.5) is 0 Å². The molecule has 2 rings (SSSR count). The number of aryl methyl sites for hydroxylation is 1. The molecule has 2 aromatic rings.